The SMILES string of the molecule is CN(C)C1(Cc2cccc(Cl)c2)CCC(NC(=O)CCC(=O)NCCc2ccccc2)CC1.Cc1cccc(CC2(N(C)C)CCC(NC(=O)CCC(=O)NC(C)c3ccc4ccccc4c3)CC2)c1. The van der Waals surface area contributed by atoms with Gasteiger partial charge >= 0.3 is 0 Å². The van der Waals surface area contributed by atoms with Crippen molar-refractivity contribution >= 4 is 46.0 Å². The van der Waals surface area contributed by atoms with Gasteiger partial charge in [-0.3, -0.25) is 19.2 Å². The third-order valence-corrected chi connectivity index (χ3v) is 15.1. The zero-order valence-electron chi connectivity index (χ0n) is 42.5. The second-order valence-electron chi connectivity index (χ2n) is 20.4. The first-order chi connectivity index (χ1) is 33.6. The Labute approximate surface area is 422 Å². The number of amides is 4. The summed E-state index contributed by atoms with van der Waals surface area (Å²) in [7, 11) is 8.62. The number of rotatable bonds is 19. The van der Waals surface area contributed by atoms with Crippen LogP contribution >= 0.6 is 11.6 Å². The molecular formula is C59H77ClN6O4. The van der Waals surface area contributed by atoms with E-state index < -0.39 is 0 Å². The maximum atomic E-state index is 12.6. The highest BCUT2D eigenvalue weighted by Gasteiger charge is 2.39. The number of carbonyl (C=O) groups is 4. The molecule has 10 nitrogen and oxygen atoms in total. The number of nitrogens with zero attached hydrogens (tertiary/aromatic N) is 2. The molecule has 0 aliphatic heterocycles. The summed E-state index contributed by atoms with van der Waals surface area (Å²) in [5.74, 6) is -0.234. The number of benzene rings is 5. The molecule has 4 amide bonds. The Morgan fingerprint density at radius 2 is 1.07 bits per heavy atom. The lowest BCUT2D eigenvalue weighted by molar-refractivity contribution is -0.127. The monoisotopic (exact) mass is 969 g/mol. The number of likely N-dealkylation sites (N-methyl/N-ethyl adjacent to an activating group) is 2. The van der Waals surface area contributed by atoms with E-state index in [0.29, 0.717) is 6.54 Å². The van der Waals surface area contributed by atoms with Crippen molar-refractivity contribution in [1.29, 1.82) is 0 Å². The number of hydrogen-bond acceptors (Lipinski definition) is 6. The first-order valence-electron chi connectivity index (χ1n) is 25.4. The van der Waals surface area contributed by atoms with Crippen LogP contribution < -0.4 is 21.3 Å². The predicted molar refractivity (Wildman–Crippen MR) is 286 cm³/mol. The van der Waals surface area contributed by atoms with Crippen molar-refractivity contribution in [3.8, 4) is 0 Å². The number of hydrogen-bond donors (Lipinski definition) is 4. The number of fused-ring (bicyclic) bond motifs is 1. The van der Waals surface area contributed by atoms with Gasteiger partial charge in [0.1, 0.15) is 0 Å². The summed E-state index contributed by atoms with van der Waals surface area (Å²) < 4.78 is 0. The largest absolute Gasteiger partial charge is 0.356 e. The fourth-order valence-electron chi connectivity index (χ4n) is 10.4. The van der Waals surface area contributed by atoms with E-state index in [0.717, 1.165) is 86.6 Å². The summed E-state index contributed by atoms with van der Waals surface area (Å²) in [6.45, 7) is 4.72. The molecular weight excluding hydrogens is 892 g/mol. The summed E-state index contributed by atoms with van der Waals surface area (Å²) in [6, 6.07) is 41.6. The maximum Gasteiger partial charge on any atom is 0.220 e. The van der Waals surface area contributed by atoms with Gasteiger partial charge in [0.25, 0.3) is 0 Å². The third kappa shape index (κ3) is 16.3. The normalized spacial score (nSPS) is 20.5. The minimum Gasteiger partial charge on any atom is -0.356 e. The van der Waals surface area contributed by atoms with Crippen molar-refractivity contribution in [2.45, 2.75) is 139 Å². The Morgan fingerprint density at radius 3 is 1.63 bits per heavy atom. The summed E-state index contributed by atoms with van der Waals surface area (Å²) >= 11 is 6.19. The van der Waals surface area contributed by atoms with Gasteiger partial charge in [-0.05, 0) is 164 Å². The van der Waals surface area contributed by atoms with Crippen molar-refractivity contribution in [2.24, 2.45) is 0 Å². The van der Waals surface area contributed by atoms with Crippen LogP contribution in [0.2, 0.25) is 5.02 Å². The molecule has 7 rings (SSSR count). The molecule has 2 aliphatic rings. The number of aryl methyl sites for hydroxylation is 1. The summed E-state index contributed by atoms with van der Waals surface area (Å²) in [5.41, 5.74) is 6.36. The zero-order valence-corrected chi connectivity index (χ0v) is 43.3. The van der Waals surface area contributed by atoms with E-state index in [4.69, 9.17) is 11.6 Å². The molecule has 70 heavy (non-hydrogen) atoms. The molecule has 0 spiro atoms. The molecule has 5 aromatic rings. The van der Waals surface area contributed by atoms with Crippen LogP contribution in [0.25, 0.3) is 10.8 Å². The summed E-state index contributed by atoms with van der Waals surface area (Å²) in [5, 5.41) is 15.4. The average molecular weight is 970 g/mol. The molecule has 0 heterocycles. The van der Waals surface area contributed by atoms with Gasteiger partial charge in [0.15, 0.2) is 0 Å². The molecule has 1 unspecified atom stereocenters. The smallest absolute Gasteiger partial charge is 0.220 e. The molecule has 11 heteroatoms. The number of carbonyl (C=O) groups excluding carboxylic acids is 4. The second kappa shape index (κ2) is 26.1. The van der Waals surface area contributed by atoms with Crippen molar-refractivity contribution in [3.63, 3.8) is 0 Å². The minimum absolute atomic E-state index is 0.0328. The Balaban J connectivity index is 0.000000231. The minimum atomic E-state index is -0.105. The average Bonchev–Trinajstić information content (AvgIpc) is 3.34. The molecule has 374 valence electrons. The highest BCUT2D eigenvalue weighted by atomic mass is 35.5. The molecule has 2 saturated carbocycles. The van der Waals surface area contributed by atoms with E-state index >= 15 is 0 Å². The first-order valence-corrected chi connectivity index (χ1v) is 25.8. The molecule has 0 bridgehead atoms. The molecule has 0 aromatic heterocycles. The maximum absolute atomic E-state index is 12.6. The van der Waals surface area contributed by atoms with Gasteiger partial charge in [-0.25, -0.2) is 0 Å². The van der Waals surface area contributed by atoms with Crippen LogP contribution in [0.15, 0.2) is 121 Å². The molecule has 2 fully saturated rings. The number of halogens is 1. The lowest BCUT2D eigenvalue weighted by Gasteiger charge is -2.45. The molecule has 0 saturated heterocycles. The lowest BCUT2D eigenvalue weighted by Crippen LogP contribution is -2.52. The van der Waals surface area contributed by atoms with Gasteiger partial charge in [-0.2, -0.15) is 0 Å². The van der Waals surface area contributed by atoms with E-state index in [9.17, 15) is 19.2 Å². The van der Waals surface area contributed by atoms with Gasteiger partial charge in [0.2, 0.25) is 23.6 Å². The molecule has 2 aliphatic carbocycles. The first kappa shape index (κ1) is 53.8. The quantitative estimate of drug-likeness (QED) is 0.0654. The van der Waals surface area contributed by atoms with Gasteiger partial charge in [-0.15, -0.1) is 0 Å². The molecule has 5 aromatic carbocycles. The highest BCUT2D eigenvalue weighted by Crippen LogP contribution is 2.37. The number of nitrogens with one attached hydrogen (secondary N) is 4. The topological polar surface area (TPSA) is 123 Å². The van der Waals surface area contributed by atoms with E-state index in [1.54, 1.807) is 0 Å². The van der Waals surface area contributed by atoms with E-state index in [1.807, 2.05) is 67.6 Å². The Morgan fingerprint density at radius 1 is 0.571 bits per heavy atom. The van der Waals surface area contributed by atoms with Crippen LogP contribution in [-0.4, -0.2) is 91.3 Å². The Bertz CT molecular complexity index is 2480. The molecule has 4 N–H and O–H groups in total. The summed E-state index contributed by atoms with van der Waals surface area (Å²) in [4.78, 5) is 54.4. The van der Waals surface area contributed by atoms with Crippen LogP contribution in [0.5, 0.6) is 0 Å². The van der Waals surface area contributed by atoms with Crippen molar-refractivity contribution < 1.29 is 19.2 Å². The Hall–Kier alpha value is -5.55. The van der Waals surface area contributed by atoms with E-state index in [1.165, 1.54) is 27.6 Å². The van der Waals surface area contributed by atoms with Crippen LogP contribution in [0.3, 0.4) is 0 Å². The highest BCUT2D eigenvalue weighted by molar-refractivity contribution is 6.30. The van der Waals surface area contributed by atoms with Crippen molar-refractivity contribution in [2.75, 3.05) is 34.7 Å². The predicted octanol–water partition coefficient (Wildman–Crippen LogP) is 10.1. The van der Waals surface area contributed by atoms with Crippen molar-refractivity contribution in [3.05, 3.63) is 154 Å². The van der Waals surface area contributed by atoms with Crippen LogP contribution in [-0.2, 0) is 38.4 Å². The molecule has 1 atom stereocenters. The zero-order chi connectivity index (χ0) is 50.1. The van der Waals surface area contributed by atoms with E-state index in [-0.39, 0.29) is 78.5 Å². The third-order valence-electron chi connectivity index (χ3n) is 14.9. The van der Waals surface area contributed by atoms with Gasteiger partial charge < -0.3 is 31.1 Å². The summed E-state index contributed by atoms with van der Waals surface area (Å²) in [6.07, 6.45) is 11.6. The fraction of sp³-hybridized carbons (Fsp3) is 0.458. The standard InChI is InChI=1S/C32H41N3O2.C27H36ClN3O2/c1-23-8-7-9-25(20-23)22-32(35(3)4)18-16-29(17-19-32)34-31(37)15-14-30(36)33-24(2)27-13-12-26-10-5-6-11-28(26)21-27;1-31(2)27(20-22-9-6-10-23(28)19-22)16-13-24(14-17-27)30-26(33)12-11-25(32)29-18-15-21-7-4-3-5-8-21/h5-13,20-21,24,29H,14-19,22H2,1-4H3,(H,33,36)(H,34,37);3-10,19,24H,11-18,20H2,1-2H3,(H,29,32)(H,30,33). The molecule has 0 radical (unpaired) electrons. The Kier molecular flexibility index (Phi) is 20.0. The van der Waals surface area contributed by atoms with Crippen molar-refractivity contribution in [1.82, 2.24) is 31.1 Å². The van der Waals surface area contributed by atoms with Crippen LogP contribution in [0.1, 0.15) is 118 Å². The fourth-order valence-corrected chi connectivity index (χ4v) is 10.6. The van der Waals surface area contributed by atoms with Gasteiger partial charge in [0, 0.05) is 60.4 Å². The van der Waals surface area contributed by atoms with Crippen LogP contribution in [0, 0.1) is 6.92 Å². The van der Waals surface area contributed by atoms with Gasteiger partial charge in [0.05, 0.1) is 6.04 Å². The van der Waals surface area contributed by atoms with Crippen LogP contribution in [0.4, 0.5) is 0 Å². The van der Waals surface area contributed by atoms with E-state index in [2.05, 4.69) is 127 Å². The second-order valence-corrected chi connectivity index (χ2v) is 20.8. The lowest BCUT2D eigenvalue weighted by atomic mass is 9.74. The van der Waals surface area contributed by atoms with Gasteiger partial charge in [-0.1, -0.05) is 120 Å².